The minimum atomic E-state index is 0.526. The fourth-order valence-corrected chi connectivity index (χ4v) is 3.00. The van der Waals surface area contributed by atoms with Gasteiger partial charge in [-0.05, 0) is 36.8 Å². The smallest absolute Gasteiger partial charge is 0.0509 e. The predicted octanol–water partition coefficient (Wildman–Crippen LogP) is 3.19. The van der Waals surface area contributed by atoms with Crippen LogP contribution in [0.5, 0.6) is 0 Å². The van der Waals surface area contributed by atoms with E-state index in [0.717, 1.165) is 19.8 Å². The minimum absolute atomic E-state index is 0.526. The standard InChI is InChI=1S/C16H25NO/c1-3-17-16(15-10-7-11-18-12-15)13(2)14-8-5-4-6-9-14/h4-6,8-9,13,15-17H,3,7,10-12H2,1-2H3. The number of rotatable bonds is 5. The van der Waals surface area contributed by atoms with E-state index in [-0.39, 0.29) is 0 Å². The van der Waals surface area contributed by atoms with Crippen LogP contribution >= 0.6 is 0 Å². The van der Waals surface area contributed by atoms with Crippen LogP contribution in [0.25, 0.3) is 0 Å². The van der Waals surface area contributed by atoms with Gasteiger partial charge in [-0.25, -0.2) is 0 Å². The van der Waals surface area contributed by atoms with E-state index in [2.05, 4.69) is 49.5 Å². The molecule has 0 spiro atoms. The molecule has 3 atom stereocenters. The first-order valence-corrected chi connectivity index (χ1v) is 7.19. The maximum absolute atomic E-state index is 5.66. The molecule has 0 aliphatic carbocycles. The molecule has 1 aromatic carbocycles. The number of ether oxygens (including phenoxy) is 1. The molecule has 0 saturated carbocycles. The van der Waals surface area contributed by atoms with Crippen LogP contribution < -0.4 is 5.32 Å². The van der Waals surface area contributed by atoms with E-state index in [0.29, 0.717) is 17.9 Å². The van der Waals surface area contributed by atoms with Crippen LogP contribution in [0.4, 0.5) is 0 Å². The first kappa shape index (κ1) is 13.6. The lowest BCUT2D eigenvalue weighted by molar-refractivity contribution is 0.0359. The average molecular weight is 247 g/mol. The summed E-state index contributed by atoms with van der Waals surface area (Å²) >= 11 is 0. The van der Waals surface area contributed by atoms with Gasteiger partial charge in [0.05, 0.1) is 6.61 Å². The highest BCUT2D eigenvalue weighted by molar-refractivity contribution is 5.21. The molecule has 1 saturated heterocycles. The number of likely N-dealkylation sites (N-methyl/N-ethyl adjacent to an activating group) is 1. The molecule has 1 N–H and O–H groups in total. The van der Waals surface area contributed by atoms with Gasteiger partial charge in [0, 0.05) is 12.6 Å². The summed E-state index contributed by atoms with van der Waals surface area (Å²) in [7, 11) is 0. The molecule has 1 aliphatic heterocycles. The zero-order chi connectivity index (χ0) is 12.8. The van der Waals surface area contributed by atoms with Crippen LogP contribution in [-0.4, -0.2) is 25.8 Å². The van der Waals surface area contributed by atoms with Gasteiger partial charge in [0.25, 0.3) is 0 Å². The number of nitrogens with one attached hydrogen (secondary N) is 1. The highest BCUT2D eigenvalue weighted by Crippen LogP contribution is 2.28. The van der Waals surface area contributed by atoms with Gasteiger partial charge in [0.2, 0.25) is 0 Å². The van der Waals surface area contributed by atoms with Crippen molar-refractivity contribution in [3.63, 3.8) is 0 Å². The van der Waals surface area contributed by atoms with Crippen molar-refractivity contribution in [2.24, 2.45) is 5.92 Å². The van der Waals surface area contributed by atoms with E-state index in [4.69, 9.17) is 4.74 Å². The summed E-state index contributed by atoms with van der Waals surface area (Å²) in [6.45, 7) is 7.40. The molecule has 100 valence electrons. The summed E-state index contributed by atoms with van der Waals surface area (Å²) < 4.78 is 5.66. The van der Waals surface area contributed by atoms with Crippen LogP contribution in [0.3, 0.4) is 0 Å². The Kier molecular flexibility index (Phi) is 5.21. The molecule has 0 amide bonds. The van der Waals surface area contributed by atoms with Gasteiger partial charge in [-0.3, -0.25) is 0 Å². The third-order valence-corrected chi connectivity index (χ3v) is 4.01. The Labute approximate surface area is 111 Å². The van der Waals surface area contributed by atoms with E-state index in [9.17, 15) is 0 Å². The fourth-order valence-electron chi connectivity index (χ4n) is 3.00. The van der Waals surface area contributed by atoms with Gasteiger partial charge >= 0.3 is 0 Å². The lowest BCUT2D eigenvalue weighted by Gasteiger charge is -2.35. The van der Waals surface area contributed by atoms with Crippen molar-refractivity contribution >= 4 is 0 Å². The van der Waals surface area contributed by atoms with Crippen molar-refractivity contribution < 1.29 is 4.74 Å². The van der Waals surface area contributed by atoms with Crippen LogP contribution in [0.15, 0.2) is 30.3 Å². The van der Waals surface area contributed by atoms with Crippen LogP contribution in [0.2, 0.25) is 0 Å². The van der Waals surface area contributed by atoms with Crippen molar-refractivity contribution in [1.82, 2.24) is 5.32 Å². The van der Waals surface area contributed by atoms with Gasteiger partial charge in [-0.1, -0.05) is 44.2 Å². The van der Waals surface area contributed by atoms with E-state index in [1.54, 1.807) is 0 Å². The van der Waals surface area contributed by atoms with Crippen molar-refractivity contribution in [2.45, 2.75) is 38.6 Å². The summed E-state index contributed by atoms with van der Waals surface area (Å²) in [5.74, 6) is 1.19. The first-order valence-electron chi connectivity index (χ1n) is 7.19. The van der Waals surface area contributed by atoms with Crippen molar-refractivity contribution in [3.05, 3.63) is 35.9 Å². The second kappa shape index (κ2) is 6.91. The zero-order valence-corrected chi connectivity index (χ0v) is 11.6. The summed E-state index contributed by atoms with van der Waals surface area (Å²) in [5.41, 5.74) is 1.43. The van der Waals surface area contributed by atoms with E-state index >= 15 is 0 Å². The highest BCUT2D eigenvalue weighted by atomic mass is 16.5. The normalized spacial score (nSPS) is 23.6. The first-order chi connectivity index (χ1) is 8.83. The lowest BCUT2D eigenvalue weighted by atomic mass is 9.82. The molecule has 2 rings (SSSR count). The summed E-state index contributed by atoms with van der Waals surface area (Å²) in [5, 5.41) is 3.67. The Morgan fingerprint density at radius 3 is 2.72 bits per heavy atom. The second-order valence-electron chi connectivity index (χ2n) is 5.26. The van der Waals surface area contributed by atoms with Crippen LogP contribution in [0, 0.1) is 5.92 Å². The second-order valence-corrected chi connectivity index (χ2v) is 5.26. The van der Waals surface area contributed by atoms with Crippen molar-refractivity contribution in [3.8, 4) is 0 Å². The van der Waals surface area contributed by atoms with Crippen LogP contribution in [-0.2, 0) is 4.74 Å². The summed E-state index contributed by atoms with van der Waals surface area (Å²) in [6.07, 6.45) is 2.49. The molecule has 18 heavy (non-hydrogen) atoms. The Bertz CT molecular complexity index is 332. The Hall–Kier alpha value is -0.860. The summed E-state index contributed by atoms with van der Waals surface area (Å²) in [4.78, 5) is 0. The van der Waals surface area contributed by atoms with E-state index in [1.165, 1.54) is 18.4 Å². The molecule has 0 radical (unpaired) electrons. The van der Waals surface area contributed by atoms with Gasteiger partial charge in [0.1, 0.15) is 0 Å². The Balaban J connectivity index is 2.08. The number of benzene rings is 1. The molecular weight excluding hydrogens is 222 g/mol. The van der Waals surface area contributed by atoms with Gasteiger partial charge in [-0.15, -0.1) is 0 Å². The molecular formula is C16H25NO. The molecule has 1 aliphatic rings. The molecule has 2 nitrogen and oxygen atoms in total. The molecule has 1 fully saturated rings. The lowest BCUT2D eigenvalue weighted by Crippen LogP contribution is -2.43. The molecule has 0 aromatic heterocycles. The highest BCUT2D eigenvalue weighted by Gasteiger charge is 2.28. The Morgan fingerprint density at radius 1 is 1.33 bits per heavy atom. The number of hydrogen-bond acceptors (Lipinski definition) is 2. The minimum Gasteiger partial charge on any atom is -0.381 e. The number of hydrogen-bond donors (Lipinski definition) is 1. The van der Waals surface area contributed by atoms with Gasteiger partial charge in [0.15, 0.2) is 0 Å². The Morgan fingerprint density at radius 2 is 2.11 bits per heavy atom. The quantitative estimate of drug-likeness (QED) is 0.862. The third-order valence-electron chi connectivity index (χ3n) is 4.01. The van der Waals surface area contributed by atoms with Gasteiger partial charge < -0.3 is 10.1 Å². The van der Waals surface area contributed by atoms with Crippen molar-refractivity contribution in [1.29, 1.82) is 0 Å². The third kappa shape index (κ3) is 3.33. The maximum atomic E-state index is 5.66. The molecule has 0 bridgehead atoms. The maximum Gasteiger partial charge on any atom is 0.0509 e. The van der Waals surface area contributed by atoms with Crippen molar-refractivity contribution in [2.75, 3.05) is 19.8 Å². The SMILES string of the molecule is CCNC(C1CCCOC1)C(C)c1ccccc1. The fraction of sp³-hybridized carbons (Fsp3) is 0.625. The molecule has 1 aromatic rings. The largest absolute Gasteiger partial charge is 0.381 e. The van der Waals surface area contributed by atoms with E-state index < -0.39 is 0 Å². The molecule has 2 heteroatoms. The zero-order valence-electron chi connectivity index (χ0n) is 11.6. The van der Waals surface area contributed by atoms with E-state index in [1.807, 2.05) is 0 Å². The topological polar surface area (TPSA) is 21.3 Å². The molecule has 3 unspecified atom stereocenters. The average Bonchev–Trinajstić information content (AvgIpc) is 2.46. The monoisotopic (exact) mass is 247 g/mol. The molecule has 1 heterocycles. The van der Waals surface area contributed by atoms with Gasteiger partial charge in [-0.2, -0.15) is 0 Å². The van der Waals surface area contributed by atoms with Crippen LogP contribution in [0.1, 0.15) is 38.2 Å². The predicted molar refractivity (Wildman–Crippen MR) is 75.9 cm³/mol. The summed E-state index contributed by atoms with van der Waals surface area (Å²) in [6, 6.07) is 11.3.